The van der Waals surface area contributed by atoms with Gasteiger partial charge >= 0.3 is 5.97 Å². The summed E-state index contributed by atoms with van der Waals surface area (Å²) in [6, 6.07) is 17.1. The molecule has 12 heteroatoms. The molecule has 2 heterocycles. The molecule has 0 aliphatic carbocycles. The smallest absolute Gasteiger partial charge is 0.338 e. The highest BCUT2D eigenvalue weighted by atomic mass is 79.9. The SMILES string of the molecule is CCOC(=O)C1=C(C)N=c2s/c(=C/c3cc(Br)c(OCc4ccccc4)c(OCC)c3)c(=O)n2[C@@H]1c1ccc(C)c([N+](=O)[O-])c1. The van der Waals surface area contributed by atoms with Crippen LogP contribution in [0.3, 0.4) is 0 Å². The maximum atomic E-state index is 14.0. The molecule has 3 aromatic carbocycles. The number of benzene rings is 3. The van der Waals surface area contributed by atoms with Crippen molar-refractivity contribution in [2.75, 3.05) is 13.2 Å². The highest BCUT2D eigenvalue weighted by molar-refractivity contribution is 9.10. The monoisotopic (exact) mass is 691 g/mol. The van der Waals surface area contributed by atoms with Crippen molar-refractivity contribution in [3.63, 3.8) is 0 Å². The Labute approximate surface area is 271 Å². The molecule has 0 N–H and O–H groups in total. The van der Waals surface area contributed by atoms with Crippen LogP contribution in [0.1, 0.15) is 49.1 Å². The van der Waals surface area contributed by atoms with Crippen LogP contribution in [0.4, 0.5) is 5.69 Å². The Morgan fingerprint density at radius 2 is 1.84 bits per heavy atom. The van der Waals surface area contributed by atoms with Crippen LogP contribution in [0, 0.1) is 17.0 Å². The second-order valence-electron chi connectivity index (χ2n) is 10.1. The Hall–Kier alpha value is -4.55. The number of allylic oxidation sites excluding steroid dienone is 1. The topological polar surface area (TPSA) is 122 Å². The van der Waals surface area contributed by atoms with Crippen LogP contribution in [0.25, 0.3) is 6.08 Å². The fourth-order valence-electron chi connectivity index (χ4n) is 5.06. The standard InChI is InChI=1S/C33H30BrN3O7S/c1-5-42-26-15-22(14-24(34)30(26)44-18-21-10-8-7-9-11-21)16-27-31(38)36-29(23-13-12-19(3)25(17-23)37(40)41)28(32(39)43-6-2)20(4)35-33(36)45-27/h7-17,29H,5-6,18H2,1-4H3/b27-16+/t29-/m1/s1. The van der Waals surface area contributed by atoms with Gasteiger partial charge in [-0.25, -0.2) is 9.79 Å². The number of carbonyl (C=O) groups is 1. The van der Waals surface area contributed by atoms with Crippen LogP contribution < -0.4 is 24.4 Å². The molecule has 4 aromatic rings. The van der Waals surface area contributed by atoms with E-state index >= 15 is 0 Å². The van der Waals surface area contributed by atoms with Gasteiger partial charge in [-0.1, -0.05) is 53.8 Å². The molecular weight excluding hydrogens is 662 g/mol. The molecule has 0 saturated heterocycles. The lowest BCUT2D eigenvalue weighted by molar-refractivity contribution is -0.385. The third-order valence-corrected chi connectivity index (χ3v) is 8.69. The minimum atomic E-state index is -0.971. The average molecular weight is 693 g/mol. The molecule has 10 nitrogen and oxygen atoms in total. The molecule has 232 valence electrons. The molecule has 1 aliphatic rings. The molecule has 1 aromatic heterocycles. The van der Waals surface area contributed by atoms with E-state index in [1.54, 1.807) is 45.0 Å². The number of ether oxygens (including phenoxy) is 3. The lowest BCUT2D eigenvalue weighted by Gasteiger charge is -2.24. The molecule has 0 radical (unpaired) electrons. The number of aryl methyl sites for hydroxylation is 1. The normalized spacial score (nSPS) is 14.5. The Balaban J connectivity index is 1.63. The van der Waals surface area contributed by atoms with E-state index in [-0.39, 0.29) is 17.9 Å². The minimum Gasteiger partial charge on any atom is -0.490 e. The van der Waals surface area contributed by atoms with Gasteiger partial charge in [-0.15, -0.1) is 0 Å². The van der Waals surface area contributed by atoms with Crippen molar-refractivity contribution in [1.29, 1.82) is 0 Å². The van der Waals surface area contributed by atoms with Crippen molar-refractivity contribution in [3.8, 4) is 11.5 Å². The zero-order valence-electron chi connectivity index (χ0n) is 25.0. The van der Waals surface area contributed by atoms with Crippen molar-refractivity contribution in [1.82, 2.24) is 4.57 Å². The van der Waals surface area contributed by atoms with Gasteiger partial charge in [0, 0.05) is 11.6 Å². The zero-order chi connectivity index (χ0) is 32.2. The fraction of sp³-hybridized carbons (Fsp3) is 0.242. The second kappa shape index (κ2) is 13.6. The quantitative estimate of drug-likeness (QED) is 0.118. The number of nitro benzene ring substituents is 1. The number of carbonyl (C=O) groups excluding carboxylic acids is 1. The first-order valence-electron chi connectivity index (χ1n) is 14.2. The second-order valence-corrected chi connectivity index (χ2v) is 12.0. The van der Waals surface area contributed by atoms with Gasteiger partial charge in [0.1, 0.15) is 6.61 Å². The van der Waals surface area contributed by atoms with E-state index in [1.807, 2.05) is 43.3 Å². The van der Waals surface area contributed by atoms with E-state index in [1.165, 1.54) is 10.6 Å². The summed E-state index contributed by atoms with van der Waals surface area (Å²) in [4.78, 5) is 43.5. The maximum absolute atomic E-state index is 14.0. The summed E-state index contributed by atoms with van der Waals surface area (Å²) in [6.07, 6.45) is 1.72. The predicted octanol–water partition coefficient (Wildman–Crippen LogP) is 5.76. The molecule has 1 aliphatic heterocycles. The molecule has 0 fully saturated rings. The highest BCUT2D eigenvalue weighted by Crippen LogP contribution is 2.38. The van der Waals surface area contributed by atoms with Gasteiger partial charge < -0.3 is 14.2 Å². The number of halogens is 1. The molecule has 1 atom stereocenters. The molecule has 0 saturated carbocycles. The maximum Gasteiger partial charge on any atom is 0.338 e. The lowest BCUT2D eigenvalue weighted by Crippen LogP contribution is -2.40. The van der Waals surface area contributed by atoms with Gasteiger partial charge in [0.05, 0.1) is 44.5 Å². The van der Waals surface area contributed by atoms with Crippen LogP contribution in [0.5, 0.6) is 11.5 Å². The lowest BCUT2D eigenvalue weighted by atomic mass is 9.94. The largest absolute Gasteiger partial charge is 0.490 e. The van der Waals surface area contributed by atoms with Crippen molar-refractivity contribution in [2.24, 2.45) is 4.99 Å². The summed E-state index contributed by atoms with van der Waals surface area (Å²) < 4.78 is 19.7. The zero-order valence-corrected chi connectivity index (χ0v) is 27.4. The molecule has 0 unspecified atom stereocenters. The number of rotatable bonds is 10. The van der Waals surface area contributed by atoms with E-state index in [9.17, 15) is 19.7 Å². The summed E-state index contributed by atoms with van der Waals surface area (Å²) in [7, 11) is 0. The van der Waals surface area contributed by atoms with Gasteiger partial charge in [-0.2, -0.15) is 0 Å². The highest BCUT2D eigenvalue weighted by Gasteiger charge is 2.34. The first-order valence-corrected chi connectivity index (χ1v) is 15.8. The molecule has 45 heavy (non-hydrogen) atoms. The van der Waals surface area contributed by atoms with Gasteiger partial charge in [0.25, 0.3) is 11.2 Å². The minimum absolute atomic E-state index is 0.114. The predicted molar refractivity (Wildman–Crippen MR) is 174 cm³/mol. The number of hydrogen-bond donors (Lipinski definition) is 0. The van der Waals surface area contributed by atoms with E-state index in [2.05, 4.69) is 20.9 Å². The van der Waals surface area contributed by atoms with Crippen LogP contribution in [0.2, 0.25) is 0 Å². The van der Waals surface area contributed by atoms with E-state index in [0.717, 1.165) is 16.9 Å². The van der Waals surface area contributed by atoms with Crippen LogP contribution >= 0.6 is 27.3 Å². The van der Waals surface area contributed by atoms with E-state index < -0.39 is 22.5 Å². The van der Waals surface area contributed by atoms with E-state index in [0.29, 0.717) is 60.9 Å². The molecular formula is C33H30BrN3O7S. The van der Waals surface area contributed by atoms with Crippen LogP contribution in [0.15, 0.2) is 86.2 Å². The Bertz CT molecular complexity index is 2000. The third-order valence-electron chi connectivity index (χ3n) is 7.12. The number of esters is 1. The van der Waals surface area contributed by atoms with E-state index in [4.69, 9.17) is 14.2 Å². The van der Waals surface area contributed by atoms with Gasteiger partial charge in [0.15, 0.2) is 16.3 Å². The summed E-state index contributed by atoms with van der Waals surface area (Å²) in [5.41, 5.74) is 2.54. The van der Waals surface area contributed by atoms with Crippen LogP contribution in [-0.2, 0) is 16.1 Å². The van der Waals surface area contributed by atoms with Crippen LogP contribution in [-0.4, -0.2) is 28.7 Å². The first-order chi connectivity index (χ1) is 21.6. The molecule has 0 bridgehead atoms. The van der Waals surface area contributed by atoms with Gasteiger partial charge in [-0.05, 0) is 78.5 Å². The molecule has 5 rings (SSSR count). The summed E-state index contributed by atoms with van der Waals surface area (Å²) in [6.45, 7) is 7.71. The third kappa shape index (κ3) is 6.62. The number of hydrogen-bond acceptors (Lipinski definition) is 9. The van der Waals surface area contributed by atoms with Crippen molar-refractivity contribution in [2.45, 2.75) is 40.3 Å². The number of aromatic nitrogens is 1. The fourth-order valence-corrected chi connectivity index (χ4v) is 6.68. The van der Waals surface area contributed by atoms with Crippen molar-refractivity contribution in [3.05, 3.63) is 128 Å². The van der Waals surface area contributed by atoms with Crippen molar-refractivity contribution < 1.29 is 23.9 Å². The Kier molecular flexibility index (Phi) is 9.64. The van der Waals surface area contributed by atoms with Crippen molar-refractivity contribution >= 4 is 45.0 Å². The number of fused-ring (bicyclic) bond motifs is 1. The summed E-state index contributed by atoms with van der Waals surface area (Å²) in [5, 5.41) is 11.8. The summed E-state index contributed by atoms with van der Waals surface area (Å²) in [5.74, 6) is 0.403. The number of thiazole rings is 1. The van der Waals surface area contributed by atoms with Gasteiger partial charge in [-0.3, -0.25) is 19.5 Å². The number of nitrogens with zero attached hydrogens (tertiary/aromatic N) is 3. The Morgan fingerprint density at radius 1 is 1.09 bits per heavy atom. The number of nitro groups is 1. The molecule has 0 amide bonds. The first kappa shape index (κ1) is 31.9. The van der Waals surface area contributed by atoms with Gasteiger partial charge in [0.2, 0.25) is 0 Å². The summed E-state index contributed by atoms with van der Waals surface area (Å²) >= 11 is 4.76. The Morgan fingerprint density at radius 3 is 2.53 bits per heavy atom. The average Bonchev–Trinajstić information content (AvgIpc) is 3.30. The molecule has 0 spiro atoms.